The third-order valence-corrected chi connectivity index (χ3v) is 2.39. The minimum Gasteiger partial charge on any atom is -0.493 e. The third kappa shape index (κ3) is 2.87. The van der Waals surface area contributed by atoms with Crippen LogP contribution in [0.3, 0.4) is 0 Å². The molecule has 0 aliphatic rings. The lowest BCUT2D eigenvalue weighted by atomic mass is 10.2. The number of nitriles is 1. The molecule has 0 saturated carbocycles. The van der Waals surface area contributed by atoms with E-state index in [1.54, 1.807) is 19.2 Å². The zero-order valence-electron chi connectivity index (χ0n) is 8.87. The summed E-state index contributed by atoms with van der Waals surface area (Å²) in [4.78, 5) is 0. The van der Waals surface area contributed by atoms with E-state index >= 15 is 0 Å². The van der Waals surface area contributed by atoms with E-state index in [9.17, 15) is 0 Å². The molecule has 0 N–H and O–H groups in total. The van der Waals surface area contributed by atoms with Gasteiger partial charge in [0.1, 0.15) is 6.07 Å². The summed E-state index contributed by atoms with van der Waals surface area (Å²) in [6.07, 6.45) is 0.0683. The summed E-state index contributed by atoms with van der Waals surface area (Å²) in [5.74, 6) is 1.21. The van der Waals surface area contributed by atoms with Gasteiger partial charge < -0.3 is 9.47 Å². The monoisotopic (exact) mass is 269 g/mol. The summed E-state index contributed by atoms with van der Waals surface area (Å²) in [7, 11) is 1.55. The first-order valence-corrected chi connectivity index (χ1v) is 5.32. The van der Waals surface area contributed by atoms with Crippen LogP contribution in [0.5, 0.6) is 11.5 Å². The van der Waals surface area contributed by atoms with Crippen molar-refractivity contribution in [2.45, 2.75) is 20.0 Å². The minimum absolute atomic E-state index is 0.0683. The molecular weight excluding hydrogens is 258 g/mol. The highest BCUT2D eigenvalue weighted by Crippen LogP contribution is 2.33. The second kappa shape index (κ2) is 5.04. The molecule has 15 heavy (non-hydrogen) atoms. The van der Waals surface area contributed by atoms with Gasteiger partial charge in [0.05, 0.1) is 18.8 Å². The van der Waals surface area contributed by atoms with Gasteiger partial charge in [-0.2, -0.15) is 5.26 Å². The Morgan fingerprint density at radius 3 is 2.47 bits per heavy atom. The van der Waals surface area contributed by atoms with E-state index in [1.165, 1.54) is 0 Å². The van der Waals surface area contributed by atoms with E-state index in [4.69, 9.17) is 14.7 Å². The fourth-order valence-electron chi connectivity index (χ4n) is 1.13. The third-order valence-electron chi connectivity index (χ3n) is 1.74. The highest BCUT2D eigenvalue weighted by Gasteiger charge is 2.10. The molecule has 80 valence electrons. The van der Waals surface area contributed by atoms with Gasteiger partial charge in [0.15, 0.2) is 11.5 Å². The lowest BCUT2D eigenvalue weighted by Gasteiger charge is -2.14. The van der Waals surface area contributed by atoms with Crippen LogP contribution < -0.4 is 9.47 Å². The van der Waals surface area contributed by atoms with Crippen molar-refractivity contribution in [1.29, 1.82) is 5.26 Å². The Labute approximate surface area is 97.7 Å². The van der Waals surface area contributed by atoms with Gasteiger partial charge >= 0.3 is 0 Å². The molecule has 0 saturated heterocycles. The Hall–Kier alpha value is -1.21. The maximum atomic E-state index is 8.83. The minimum atomic E-state index is 0.0683. The summed E-state index contributed by atoms with van der Waals surface area (Å²) >= 11 is 3.30. The lowest BCUT2D eigenvalue weighted by molar-refractivity contribution is 0.230. The van der Waals surface area contributed by atoms with Crippen LogP contribution in [0.1, 0.15) is 19.4 Å². The van der Waals surface area contributed by atoms with Crippen molar-refractivity contribution in [3.8, 4) is 17.6 Å². The quantitative estimate of drug-likeness (QED) is 0.847. The predicted molar refractivity (Wildman–Crippen MR) is 61.2 cm³/mol. The van der Waals surface area contributed by atoms with Crippen molar-refractivity contribution in [1.82, 2.24) is 0 Å². The van der Waals surface area contributed by atoms with Gasteiger partial charge in [-0.3, -0.25) is 0 Å². The van der Waals surface area contributed by atoms with Crippen LogP contribution in [0.25, 0.3) is 0 Å². The van der Waals surface area contributed by atoms with E-state index in [0.717, 1.165) is 0 Å². The van der Waals surface area contributed by atoms with Crippen LogP contribution in [-0.4, -0.2) is 13.2 Å². The van der Waals surface area contributed by atoms with E-state index in [-0.39, 0.29) is 6.10 Å². The van der Waals surface area contributed by atoms with Crippen LogP contribution in [-0.2, 0) is 0 Å². The molecule has 0 bridgehead atoms. The van der Waals surface area contributed by atoms with E-state index in [1.807, 2.05) is 13.8 Å². The normalized spacial score (nSPS) is 9.87. The van der Waals surface area contributed by atoms with Gasteiger partial charge in [-0.15, -0.1) is 0 Å². The van der Waals surface area contributed by atoms with Crippen LogP contribution in [0.2, 0.25) is 0 Å². The van der Waals surface area contributed by atoms with E-state index in [2.05, 4.69) is 22.0 Å². The van der Waals surface area contributed by atoms with Crippen molar-refractivity contribution in [3.63, 3.8) is 0 Å². The second-order valence-corrected chi connectivity index (χ2v) is 4.12. The first-order chi connectivity index (χ1) is 7.08. The molecular formula is C11H12BrNO2. The van der Waals surface area contributed by atoms with E-state index in [0.29, 0.717) is 21.5 Å². The maximum Gasteiger partial charge on any atom is 0.162 e. The molecule has 4 heteroatoms. The van der Waals surface area contributed by atoms with Crippen molar-refractivity contribution in [2.75, 3.05) is 7.11 Å². The van der Waals surface area contributed by atoms with Gasteiger partial charge in [0.25, 0.3) is 0 Å². The summed E-state index contributed by atoms with van der Waals surface area (Å²) in [5.41, 5.74) is 0.531. The molecule has 0 aliphatic carbocycles. The topological polar surface area (TPSA) is 42.2 Å². The van der Waals surface area contributed by atoms with Gasteiger partial charge in [-0.25, -0.2) is 0 Å². The Morgan fingerprint density at radius 2 is 2.00 bits per heavy atom. The number of hydrogen-bond acceptors (Lipinski definition) is 3. The Morgan fingerprint density at radius 1 is 1.33 bits per heavy atom. The van der Waals surface area contributed by atoms with E-state index < -0.39 is 0 Å². The van der Waals surface area contributed by atoms with Crippen molar-refractivity contribution < 1.29 is 9.47 Å². The SMILES string of the molecule is COc1cc(C#N)c(Br)cc1OC(C)C. The number of methoxy groups -OCH3 is 1. The van der Waals surface area contributed by atoms with Crippen LogP contribution in [0.4, 0.5) is 0 Å². The molecule has 0 amide bonds. The average molecular weight is 270 g/mol. The summed E-state index contributed by atoms with van der Waals surface area (Å²) < 4.78 is 11.4. The predicted octanol–water partition coefficient (Wildman–Crippen LogP) is 3.12. The highest BCUT2D eigenvalue weighted by molar-refractivity contribution is 9.10. The Balaban J connectivity index is 3.16. The fraction of sp³-hybridized carbons (Fsp3) is 0.364. The molecule has 0 heterocycles. The Kier molecular flexibility index (Phi) is 3.98. The highest BCUT2D eigenvalue weighted by atomic mass is 79.9. The zero-order valence-corrected chi connectivity index (χ0v) is 10.5. The number of rotatable bonds is 3. The van der Waals surface area contributed by atoms with Gasteiger partial charge in [-0.05, 0) is 35.8 Å². The number of nitrogens with zero attached hydrogens (tertiary/aromatic N) is 1. The summed E-state index contributed by atoms with van der Waals surface area (Å²) in [5, 5.41) is 8.83. The lowest BCUT2D eigenvalue weighted by Crippen LogP contribution is -2.06. The molecule has 0 aromatic heterocycles. The first kappa shape index (κ1) is 11.9. The molecule has 0 aliphatic heterocycles. The first-order valence-electron chi connectivity index (χ1n) is 4.52. The standard InChI is InChI=1S/C11H12BrNO2/c1-7(2)15-11-5-9(12)8(6-13)4-10(11)14-3/h4-5,7H,1-3H3. The van der Waals surface area contributed by atoms with Crippen LogP contribution in [0, 0.1) is 11.3 Å². The molecule has 0 fully saturated rings. The van der Waals surface area contributed by atoms with Crippen molar-refractivity contribution in [2.24, 2.45) is 0 Å². The maximum absolute atomic E-state index is 8.83. The molecule has 0 atom stereocenters. The van der Waals surface area contributed by atoms with Crippen LogP contribution >= 0.6 is 15.9 Å². The summed E-state index contributed by atoms with van der Waals surface area (Å²) in [6, 6.07) is 5.47. The Bertz CT molecular complexity index is 396. The summed E-state index contributed by atoms with van der Waals surface area (Å²) in [6.45, 7) is 3.87. The number of halogens is 1. The van der Waals surface area contributed by atoms with Gasteiger partial charge in [-0.1, -0.05) is 0 Å². The smallest absolute Gasteiger partial charge is 0.162 e. The number of ether oxygens (including phenoxy) is 2. The molecule has 1 aromatic rings. The molecule has 0 radical (unpaired) electrons. The molecule has 1 aromatic carbocycles. The fourth-order valence-corrected chi connectivity index (χ4v) is 1.54. The largest absolute Gasteiger partial charge is 0.493 e. The van der Waals surface area contributed by atoms with Crippen molar-refractivity contribution in [3.05, 3.63) is 22.2 Å². The van der Waals surface area contributed by atoms with Gasteiger partial charge in [0, 0.05) is 10.5 Å². The number of benzene rings is 1. The zero-order chi connectivity index (χ0) is 11.4. The van der Waals surface area contributed by atoms with Gasteiger partial charge in [0.2, 0.25) is 0 Å². The number of hydrogen-bond donors (Lipinski definition) is 0. The average Bonchev–Trinajstić information content (AvgIpc) is 2.17. The molecule has 3 nitrogen and oxygen atoms in total. The van der Waals surface area contributed by atoms with Crippen molar-refractivity contribution >= 4 is 15.9 Å². The van der Waals surface area contributed by atoms with Crippen LogP contribution in [0.15, 0.2) is 16.6 Å². The molecule has 0 unspecified atom stereocenters. The molecule has 0 spiro atoms. The molecule has 1 rings (SSSR count). The second-order valence-electron chi connectivity index (χ2n) is 3.26.